The smallest absolute Gasteiger partial charge is 0.276 e. The van der Waals surface area contributed by atoms with Crippen molar-refractivity contribution >= 4 is 17.2 Å². The number of nitrogens with zero attached hydrogens (tertiary/aromatic N) is 2. The maximum atomic E-state index is 12.9. The molecule has 2 aromatic carbocycles. The second-order valence-electron chi connectivity index (χ2n) is 6.31. The Labute approximate surface area is 155 Å². The Hall–Kier alpha value is -3.67. The lowest BCUT2D eigenvalue weighted by atomic mass is 10.1. The molecule has 0 fully saturated rings. The van der Waals surface area contributed by atoms with Gasteiger partial charge in [0.25, 0.3) is 11.5 Å². The number of nitrogens with one attached hydrogen (secondary N) is 2. The highest BCUT2D eigenvalue weighted by molar-refractivity contribution is 6.08. The molecule has 0 atom stereocenters. The van der Waals surface area contributed by atoms with E-state index in [0.29, 0.717) is 34.6 Å². The second kappa shape index (κ2) is 6.92. The van der Waals surface area contributed by atoms with Gasteiger partial charge in [-0.25, -0.2) is 9.50 Å². The number of hydrogen-bond acceptors (Lipinski definition) is 3. The van der Waals surface area contributed by atoms with Gasteiger partial charge in [-0.05, 0) is 24.6 Å². The molecule has 0 aliphatic carbocycles. The molecule has 0 aliphatic heterocycles. The molecule has 134 valence electrons. The van der Waals surface area contributed by atoms with Gasteiger partial charge >= 0.3 is 0 Å². The predicted molar refractivity (Wildman–Crippen MR) is 104 cm³/mol. The Balaban J connectivity index is 1.72. The number of anilines is 1. The van der Waals surface area contributed by atoms with Gasteiger partial charge in [-0.3, -0.25) is 14.7 Å². The number of carbonyl (C=O) groups excluding carboxylic acids is 1. The van der Waals surface area contributed by atoms with Crippen LogP contribution >= 0.6 is 0 Å². The number of para-hydroxylation sites is 1. The van der Waals surface area contributed by atoms with Crippen molar-refractivity contribution in [1.29, 1.82) is 0 Å². The average molecular weight is 358 g/mol. The molecule has 1 amide bonds. The van der Waals surface area contributed by atoms with E-state index >= 15 is 0 Å². The van der Waals surface area contributed by atoms with Crippen LogP contribution in [0.25, 0.3) is 5.65 Å². The fraction of sp³-hybridized carbons (Fsp3) is 0.0952. The summed E-state index contributed by atoms with van der Waals surface area (Å²) in [5.74, 6) is -0.318. The minimum atomic E-state index is -0.318. The summed E-state index contributed by atoms with van der Waals surface area (Å²) in [4.78, 5) is 30.0. The molecular weight excluding hydrogens is 340 g/mol. The minimum Gasteiger partial charge on any atom is -0.322 e. The number of carbonyl (C=O) groups is 1. The van der Waals surface area contributed by atoms with E-state index in [4.69, 9.17) is 0 Å². The predicted octanol–water partition coefficient (Wildman–Crippen LogP) is 3.17. The first-order chi connectivity index (χ1) is 13.1. The summed E-state index contributed by atoms with van der Waals surface area (Å²) in [5, 5.41) is 5.67. The average Bonchev–Trinajstić information content (AvgIpc) is 3.11. The van der Waals surface area contributed by atoms with Crippen molar-refractivity contribution in [2.45, 2.75) is 13.3 Å². The minimum absolute atomic E-state index is 0.194. The van der Waals surface area contributed by atoms with Crippen molar-refractivity contribution in [2.75, 3.05) is 5.32 Å². The van der Waals surface area contributed by atoms with Crippen LogP contribution in [0.1, 0.15) is 27.2 Å². The number of fused-ring (bicyclic) bond motifs is 1. The Morgan fingerprint density at radius 1 is 1.07 bits per heavy atom. The van der Waals surface area contributed by atoms with Crippen LogP contribution in [0.5, 0.6) is 0 Å². The fourth-order valence-corrected chi connectivity index (χ4v) is 3.05. The maximum absolute atomic E-state index is 12.9. The lowest BCUT2D eigenvalue weighted by Crippen LogP contribution is -2.23. The van der Waals surface area contributed by atoms with Crippen LogP contribution in [0.4, 0.5) is 5.69 Å². The molecule has 0 saturated carbocycles. The summed E-state index contributed by atoms with van der Waals surface area (Å²) >= 11 is 0. The van der Waals surface area contributed by atoms with E-state index in [2.05, 4.69) is 15.4 Å². The van der Waals surface area contributed by atoms with E-state index in [1.165, 1.54) is 10.7 Å². The van der Waals surface area contributed by atoms with Crippen LogP contribution < -0.4 is 10.9 Å². The van der Waals surface area contributed by atoms with E-state index < -0.39 is 0 Å². The zero-order chi connectivity index (χ0) is 18.8. The molecule has 2 N–H and O–H groups in total. The molecule has 4 aromatic rings. The number of H-pyrrole nitrogens is 1. The first-order valence-electron chi connectivity index (χ1n) is 8.63. The molecule has 2 aromatic heterocycles. The third-order valence-electron chi connectivity index (χ3n) is 4.46. The van der Waals surface area contributed by atoms with Crippen LogP contribution in [0.2, 0.25) is 0 Å². The van der Waals surface area contributed by atoms with Gasteiger partial charge in [0.2, 0.25) is 0 Å². The van der Waals surface area contributed by atoms with Crippen LogP contribution in [0.15, 0.2) is 71.7 Å². The zero-order valence-electron chi connectivity index (χ0n) is 14.8. The van der Waals surface area contributed by atoms with E-state index in [0.717, 1.165) is 5.56 Å². The monoisotopic (exact) mass is 358 g/mol. The maximum Gasteiger partial charge on any atom is 0.276 e. The molecule has 27 heavy (non-hydrogen) atoms. The Kier molecular flexibility index (Phi) is 4.30. The standard InChI is InChI=1S/C21H18N4O2/c1-14-17(12-15-8-4-2-5-9-15)21(27)25-19(23-14)18(13-22-25)20(26)24-16-10-6-3-7-11-16/h2-11,13,22H,12H2,1H3,(H,24,26). The zero-order valence-corrected chi connectivity index (χ0v) is 14.8. The summed E-state index contributed by atoms with van der Waals surface area (Å²) in [5.41, 5.74) is 3.40. The third kappa shape index (κ3) is 3.25. The summed E-state index contributed by atoms with van der Waals surface area (Å²) in [7, 11) is 0. The van der Waals surface area contributed by atoms with Crippen molar-refractivity contribution in [3.05, 3.63) is 99.6 Å². The number of amides is 1. The molecule has 0 bridgehead atoms. The molecular formula is C21H18N4O2. The van der Waals surface area contributed by atoms with Gasteiger partial charge in [-0.2, -0.15) is 0 Å². The highest BCUT2D eigenvalue weighted by atomic mass is 16.2. The van der Waals surface area contributed by atoms with E-state index in [1.807, 2.05) is 48.5 Å². The second-order valence-corrected chi connectivity index (χ2v) is 6.31. The molecule has 4 rings (SSSR count). The van der Waals surface area contributed by atoms with E-state index in [9.17, 15) is 9.59 Å². The molecule has 0 unspecified atom stereocenters. The number of aromatic amines is 1. The van der Waals surface area contributed by atoms with Crippen molar-refractivity contribution < 1.29 is 4.79 Å². The summed E-state index contributed by atoms with van der Waals surface area (Å²) in [6.45, 7) is 1.80. The van der Waals surface area contributed by atoms with Crippen LogP contribution in [0, 0.1) is 6.92 Å². The summed E-state index contributed by atoms with van der Waals surface area (Å²) in [6, 6.07) is 18.9. The molecule has 6 nitrogen and oxygen atoms in total. The lowest BCUT2D eigenvalue weighted by molar-refractivity contribution is 0.102. The first kappa shape index (κ1) is 16.8. The molecule has 0 radical (unpaired) electrons. The van der Waals surface area contributed by atoms with E-state index in [-0.39, 0.29) is 11.5 Å². The van der Waals surface area contributed by atoms with Crippen LogP contribution in [-0.2, 0) is 6.42 Å². The molecule has 2 heterocycles. The van der Waals surface area contributed by atoms with Crippen molar-refractivity contribution in [1.82, 2.24) is 14.6 Å². The van der Waals surface area contributed by atoms with Crippen molar-refractivity contribution in [3.8, 4) is 0 Å². The highest BCUT2D eigenvalue weighted by Crippen LogP contribution is 2.14. The van der Waals surface area contributed by atoms with Gasteiger partial charge in [-0.15, -0.1) is 0 Å². The third-order valence-corrected chi connectivity index (χ3v) is 4.46. The van der Waals surface area contributed by atoms with Gasteiger partial charge in [-0.1, -0.05) is 48.5 Å². The van der Waals surface area contributed by atoms with Crippen molar-refractivity contribution in [2.24, 2.45) is 0 Å². The topological polar surface area (TPSA) is 79.3 Å². The normalized spacial score (nSPS) is 10.9. The quantitative estimate of drug-likeness (QED) is 0.588. The van der Waals surface area contributed by atoms with E-state index in [1.54, 1.807) is 19.1 Å². The Bertz CT molecular complexity index is 1160. The Morgan fingerprint density at radius 3 is 2.44 bits per heavy atom. The van der Waals surface area contributed by atoms with Gasteiger partial charge in [0.1, 0.15) is 5.56 Å². The molecule has 6 heteroatoms. The largest absolute Gasteiger partial charge is 0.322 e. The van der Waals surface area contributed by atoms with Crippen LogP contribution in [-0.4, -0.2) is 20.5 Å². The first-order valence-corrected chi connectivity index (χ1v) is 8.63. The number of benzene rings is 2. The van der Waals surface area contributed by atoms with Gasteiger partial charge in [0.15, 0.2) is 5.65 Å². The SMILES string of the molecule is Cc1nc2c(C(=O)Nc3ccccc3)c[nH]n2c(=O)c1Cc1ccccc1. The Morgan fingerprint density at radius 2 is 1.74 bits per heavy atom. The van der Waals surface area contributed by atoms with Crippen molar-refractivity contribution in [3.63, 3.8) is 0 Å². The van der Waals surface area contributed by atoms with Gasteiger partial charge < -0.3 is 5.32 Å². The number of aromatic nitrogens is 3. The van der Waals surface area contributed by atoms with Crippen LogP contribution in [0.3, 0.4) is 0 Å². The number of rotatable bonds is 4. The molecule has 0 spiro atoms. The lowest BCUT2D eigenvalue weighted by Gasteiger charge is -2.07. The highest BCUT2D eigenvalue weighted by Gasteiger charge is 2.18. The van der Waals surface area contributed by atoms with Gasteiger partial charge in [0.05, 0.1) is 0 Å². The molecule has 0 saturated heterocycles. The summed E-state index contributed by atoms with van der Waals surface area (Å²) < 4.78 is 1.32. The molecule has 0 aliphatic rings. The van der Waals surface area contributed by atoms with Gasteiger partial charge in [0, 0.05) is 29.6 Å². The summed E-state index contributed by atoms with van der Waals surface area (Å²) in [6.07, 6.45) is 2.00. The number of aryl methyl sites for hydroxylation is 1. The number of hydrogen-bond donors (Lipinski definition) is 2. The fourth-order valence-electron chi connectivity index (χ4n) is 3.05.